The van der Waals surface area contributed by atoms with Gasteiger partial charge in [0.25, 0.3) is 0 Å². The smallest absolute Gasteiger partial charge is 0.0201 e. The second kappa shape index (κ2) is 4.76. The Morgan fingerprint density at radius 1 is 1.42 bits per heavy atom. The minimum Gasteiger partial charge on any atom is -0.0912 e. The van der Waals surface area contributed by atoms with Crippen molar-refractivity contribution in [2.75, 3.05) is 0 Å². The van der Waals surface area contributed by atoms with Gasteiger partial charge in [-0.1, -0.05) is 45.2 Å². The largest absolute Gasteiger partial charge is 0.0912 e. The van der Waals surface area contributed by atoms with Crippen molar-refractivity contribution in [1.29, 1.82) is 0 Å². The molecule has 0 heterocycles. The Balaban J connectivity index is 0.00000121. The van der Waals surface area contributed by atoms with Crippen LogP contribution in [0.15, 0.2) is 18.2 Å². The maximum Gasteiger partial charge on any atom is -0.0201 e. The number of hydrogen-bond acceptors (Lipinski definition) is 0. The Morgan fingerprint density at radius 2 is 2.08 bits per heavy atom. The molecule has 0 radical (unpaired) electrons. The van der Waals surface area contributed by atoms with E-state index in [1.807, 2.05) is 0 Å². The molecule has 0 aliphatic carbocycles. The highest BCUT2D eigenvalue weighted by molar-refractivity contribution is 5.30. The fourth-order valence-electron chi connectivity index (χ4n) is 1.35. The molecule has 0 amide bonds. The summed E-state index contributed by atoms with van der Waals surface area (Å²) in [5, 5.41) is 2.43. The molecule has 0 heteroatoms. The van der Waals surface area contributed by atoms with E-state index >= 15 is 0 Å². The molecule has 0 atom stereocenters. The summed E-state index contributed by atoms with van der Waals surface area (Å²) in [6, 6.07) is 6.27. The second-order valence-electron chi connectivity index (χ2n) is 2.63. The van der Waals surface area contributed by atoms with Gasteiger partial charge >= 0.3 is 0 Å². The van der Waals surface area contributed by atoms with E-state index in [-0.39, 0.29) is 7.43 Å². The number of benzene rings is 1. The fourth-order valence-corrected chi connectivity index (χ4v) is 1.35. The molecule has 66 valence electrons. The number of aryl methyl sites for hydroxylation is 1. The van der Waals surface area contributed by atoms with Gasteiger partial charge in [-0.25, -0.2) is 0 Å². The molecule has 12 heavy (non-hydrogen) atoms. The molecule has 0 unspecified atom stereocenters. The first-order valence-electron chi connectivity index (χ1n) is 4.02. The minimum atomic E-state index is 0. The van der Waals surface area contributed by atoms with E-state index in [0.717, 1.165) is 11.6 Å². The summed E-state index contributed by atoms with van der Waals surface area (Å²) in [7, 11) is 0. The van der Waals surface area contributed by atoms with Crippen LogP contribution in [-0.4, -0.2) is 0 Å². The molecule has 0 aromatic heterocycles. The summed E-state index contributed by atoms with van der Waals surface area (Å²) < 4.78 is 0. The lowest BCUT2D eigenvalue weighted by atomic mass is 10.1. The van der Waals surface area contributed by atoms with Gasteiger partial charge in [0.15, 0.2) is 0 Å². The highest BCUT2D eigenvalue weighted by atomic mass is 13.9. The average molecular weight is 162 g/mol. The molecular formula is C12H18. The van der Waals surface area contributed by atoms with E-state index in [0.29, 0.717) is 0 Å². The van der Waals surface area contributed by atoms with Crippen LogP contribution in [0.2, 0.25) is 0 Å². The van der Waals surface area contributed by atoms with Gasteiger partial charge < -0.3 is 0 Å². The summed E-state index contributed by atoms with van der Waals surface area (Å²) in [6.07, 6.45) is 3.21. The van der Waals surface area contributed by atoms with E-state index in [1.165, 1.54) is 10.8 Å². The van der Waals surface area contributed by atoms with Crippen LogP contribution in [0.4, 0.5) is 0 Å². The molecule has 0 bridgehead atoms. The van der Waals surface area contributed by atoms with Crippen LogP contribution in [0.25, 0.3) is 12.7 Å². The summed E-state index contributed by atoms with van der Waals surface area (Å²) in [6.45, 7) is 8.20. The van der Waals surface area contributed by atoms with Gasteiger partial charge in [-0.3, -0.25) is 0 Å². The van der Waals surface area contributed by atoms with Gasteiger partial charge in [-0.05, 0) is 29.3 Å². The van der Waals surface area contributed by atoms with Crippen molar-refractivity contribution in [2.24, 2.45) is 0 Å². The summed E-state index contributed by atoms with van der Waals surface area (Å²) in [5.74, 6) is 0. The summed E-state index contributed by atoms with van der Waals surface area (Å²) >= 11 is 0. The van der Waals surface area contributed by atoms with Crippen LogP contribution in [0.5, 0.6) is 0 Å². The first kappa shape index (κ1) is 11.0. The predicted molar refractivity (Wildman–Crippen MR) is 57.5 cm³/mol. The SMILES string of the molecule is C.C=c1cccc(CC)/c1=C/C. The third-order valence-corrected chi connectivity index (χ3v) is 1.96. The first-order valence-corrected chi connectivity index (χ1v) is 4.02. The Hall–Kier alpha value is -1.04. The normalized spacial score (nSPS) is 11.0. The highest BCUT2D eigenvalue weighted by Crippen LogP contribution is 1.88. The molecule has 1 aromatic carbocycles. The third kappa shape index (κ3) is 1.97. The lowest BCUT2D eigenvalue weighted by molar-refractivity contribution is 1.11. The van der Waals surface area contributed by atoms with E-state index in [2.05, 4.69) is 44.7 Å². The molecular weight excluding hydrogens is 144 g/mol. The third-order valence-electron chi connectivity index (χ3n) is 1.96. The van der Waals surface area contributed by atoms with Crippen molar-refractivity contribution in [2.45, 2.75) is 27.7 Å². The molecule has 0 aliphatic rings. The van der Waals surface area contributed by atoms with Crippen molar-refractivity contribution in [3.63, 3.8) is 0 Å². The molecule has 0 fully saturated rings. The molecule has 0 saturated carbocycles. The lowest BCUT2D eigenvalue weighted by Crippen LogP contribution is -2.26. The molecule has 0 nitrogen and oxygen atoms in total. The Morgan fingerprint density at radius 3 is 2.50 bits per heavy atom. The van der Waals surface area contributed by atoms with E-state index in [4.69, 9.17) is 0 Å². The quantitative estimate of drug-likeness (QED) is 0.593. The van der Waals surface area contributed by atoms with Crippen molar-refractivity contribution >= 4 is 12.7 Å². The van der Waals surface area contributed by atoms with Crippen LogP contribution in [0.1, 0.15) is 26.8 Å². The van der Waals surface area contributed by atoms with E-state index in [1.54, 1.807) is 0 Å². The van der Waals surface area contributed by atoms with Crippen LogP contribution < -0.4 is 10.4 Å². The zero-order valence-corrected chi connectivity index (χ0v) is 7.22. The fraction of sp³-hybridized carbons (Fsp3) is 0.333. The summed E-state index contributed by atoms with van der Waals surface area (Å²) in [5.41, 5.74) is 1.39. The molecule has 0 aliphatic heterocycles. The van der Waals surface area contributed by atoms with Gasteiger partial charge in [-0.2, -0.15) is 0 Å². The Bertz CT molecular complexity index is 334. The Kier molecular flexibility index (Phi) is 4.35. The van der Waals surface area contributed by atoms with Gasteiger partial charge in [0.1, 0.15) is 0 Å². The van der Waals surface area contributed by atoms with Crippen molar-refractivity contribution in [3.8, 4) is 0 Å². The van der Waals surface area contributed by atoms with E-state index in [9.17, 15) is 0 Å². The van der Waals surface area contributed by atoms with Crippen molar-refractivity contribution in [3.05, 3.63) is 34.2 Å². The zero-order chi connectivity index (χ0) is 8.27. The molecule has 1 rings (SSSR count). The van der Waals surface area contributed by atoms with Gasteiger partial charge in [0.05, 0.1) is 0 Å². The van der Waals surface area contributed by atoms with Crippen molar-refractivity contribution in [1.82, 2.24) is 0 Å². The zero-order valence-electron chi connectivity index (χ0n) is 7.22. The highest BCUT2D eigenvalue weighted by Gasteiger charge is 1.89. The van der Waals surface area contributed by atoms with Crippen LogP contribution >= 0.6 is 0 Å². The second-order valence-corrected chi connectivity index (χ2v) is 2.63. The van der Waals surface area contributed by atoms with Gasteiger partial charge in [0.2, 0.25) is 0 Å². The van der Waals surface area contributed by atoms with Crippen LogP contribution in [0, 0.1) is 0 Å². The first-order chi connectivity index (χ1) is 5.29. The van der Waals surface area contributed by atoms with Crippen LogP contribution in [-0.2, 0) is 6.42 Å². The topological polar surface area (TPSA) is 0 Å². The minimum absolute atomic E-state index is 0. The monoisotopic (exact) mass is 162 g/mol. The molecule has 0 spiro atoms. The van der Waals surface area contributed by atoms with E-state index < -0.39 is 0 Å². The molecule has 1 aromatic rings. The number of rotatable bonds is 1. The molecule has 0 saturated heterocycles. The van der Waals surface area contributed by atoms with Crippen molar-refractivity contribution < 1.29 is 0 Å². The lowest BCUT2D eigenvalue weighted by Gasteiger charge is -1.96. The predicted octanol–water partition coefficient (Wildman–Crippen LogP) is 2.10. The Labute approximate surface area is 75.2 Å². The van der Waals surface area contributed by atoms with Crippen LogP contribution in [0.3, 0.4) is 0 Å². The standard InChI is InChI=1S/C11H14.CH4/c1-4-10-8-6-7-9(3)11(10)5-2;/h5-8H,3-4H2,1-2H3;1H4/b11-5+;. The van der Waals surface area contributed by atoms with Gasteiger partial charge in [0, 0.05) is 0 Å². The maximum absolute atomic E-state index is 3.97. The number of hydrogen-bond donors (Lipinski definition) is 0. The molecule has 0 N–H and O–H groups in total. The van der Waals surface area contributed by atoms with Gasteiger partial charge in [-0.15, -0.1) is 0 Å². The average Bonchev–Trinajstić information content (AvgIpc) is 2.04. The maximum atomic E-state index is 3.97. The summed E-state index contributed by atoms with van der Waals surface area (Å²) in [4.78, 5) is 0.